The molecular weight excluding hydrogens is 444 g/mol. The van der Waals surface area contributed by atoms with Crippen LogP contribution in [0.1, 0.15) is 116 Å². The van der Waals surface area contributed by atoms with E-state index in [1.54, 1.807) is 0 Å². The van der Waals surface area contributed by atoms with Crippen molar-refractivity contribution in [3.8, 4) is 0 Å². The van der Waals surface area contributed by atoms with Crippen LogP contribution in [0.4, 0.5) is 0 Å². The molecule has 2 N–H and O–H groups in total. The smallest absolute Gasteiger partial charge is 0.223 e. The van der Waals surface area contributed by atoms with Crippen LogP contribution in [-0.2, 0) is 9.59 Å². The lowest BCUT2D eigenvalue weighted by atomic mass is 9.52. The van der Waals surface area contributed by atoms with Gasteiger partial charge in [-0.25, -0.2) is 0 Å². The lowest BCUT2D eigenvalue weighted by Crippen LogP contribution is -2.62. The molecule has 10 aliphatic carbocycles. The third kappa shape index (κ3) is 3.73. The Morgan fingerprint density at radius 1 is 0.472 bits per heavy atom. The van der Waals surface area contributed by atoms with E-state index in [-0.39, 0.29) is 22.9 Å². The van der Waals surface area contributed by atoms with Crippen molar-refractivity contribution in [3.63, 3.8) is 0 Å². The number of amides is 2. The maximum Gasteiger partial charge on any atom is 0.223 e. The van der Waals surface area contributed by atoms with E-state index < -0.39 is 0 Å². The van der Waals surface area contributed by atoms with Gasteiger partial charge in [0.05, 0.1) is 0 Å². The van der Waals surface area contributed by atoms with E-state index in [9.17, 15) is 9.59 Å². The van der Waals surface area contributed by atoms with E-state index in [1.165, 1.54) is 77.0 Å². The first-order valence-corrected chi connectivity index (χ1v) is 16.1. The largest absolute Gasteiger partial charge is 0.350 e. The van der Waals surface area contributed by atoms with Crippen LogP contribution in [0.5, 0.6) is 0 Å². The van der Waals surface area contributed by atoms with Crippen molar-refractivity contribution in [2.45, 2.75) is 127 Å². The molecule has 10 rings (SSSR count). The molecule has 36 heavy (non-hydrogen) atoms. The molecule has 198 valence electrons. The molecule has 4 nitrogen and oxygen atoms in total. The zero-order valence-corrected chi connectivity index (χ0v) is 22.3. The molecule has 0 aromatic rings. The van der Waals surface area contributed by atoms with Crippen LogP contribution in [0, 0.1) is 59.2 Å². The summed E-state index contributed by atoms with van der Waals surface area (Å²) in [5.41, 5.74) is 0.228. The number of hydrogen-bond acceptors (Lipinski definition) is 2. The Morgan fingerprint density at radius 3 is 1.08 bits per heavy atom. The minimum Gasteiger partial charge on any atom is -0.350 e. The number of rotatable bonds is 4. The summed E-state index contributed by atoms with van der Waals surface area (Å²) >= 11 is 0. The molecule has 10 aliphatic rings. The molecular formula is C32H48N2O2. The lowest BCUT2D eigenvalue weighted by Gasteiger charge is -2.58. The van der Waals surface area contributed by atoms with E-state index in [0.717, 1.165) is 74.0 Å². The molecule has 10 saturated carbocycles. The first kappa shape index (κ1) is 22.9. The van der Waals surface area contributed by atoms with Gasteiger partial charge in [0.15, 0.2) is 0 Å². The van der Waals surface area contributed by atoms with Crippen molar-refractivity contribution in [2.24, 2.45) is 59.2 Å². The van der Waals surface area contributed by atoms with Crippen LogP contribution in [0.3, 0.4) is 0 Å². The number of nitrogens with one attached hydrogen (secondary N) is 2. The Hall–Kier alpha value is -1.06. The van der Waals surface area contributed by atoms with Gasteiger partial charge in [0.25, 0.3) is 0 Å². The van der Waals surface area contributed by atoms with Crippen molar-refractivity contribution in [1.82, 2.24) is 10.6 Å². The average Bonchev–Trinajstić information content (AvgIpc) is 2.81. The first-order chi connectivity index (χ1) is 17.4. The monoisotopic (exact) mass is 492 g/mol. The highest BCUT2D eigenvalue weighted by molar-refractivity contribution is 5.82. The van der Waals surface area contributed by atoms with Gasteiger partial charge in [-0.15, -0.1) is 0 Å². The molecule has 0 aliphatic heterocycles. The van der Waals surface area contributed by atoms with Gasteiger partial charge in [-0.1, -0.05) is 12.8 Å². The number of carbonyl (C=O) groups excluding carboxylic acids is 2. The molecule has 8 bridgehead atoms. The van der Waals surface area contributed by atoms with Gasteiger partial charge in [0, 0.05) is 22.9 Å². The standard InChI is InChI=1S/C32H48N2O2/c35-29(33-31-13-19-7-20(14-31)9-21(8-19)15-31)27-5-1-3-25-26(27)4-2-6-28(25)30(36)34-32-16-22-10-23(17-32)12-24(11-22)18-32/h19-28H,1-18H2,(H,33,35)(H,34,36). The van der Waals surface area contributed by atoms with E-state index in [2.05, 4.69) is 10.6 Å². The quantitative estimate of drug-likeness (QED) is 0.506. The summed E-state index contributed by atoms with van der Waals surface area (Å²) in [6, 6.07) is 0. The van der Waals surface area contributed by atoms with Crippen molar-refractivity contribution < 1.29 is 9.59 Å². The highest BCUT2D eigenvalue weighted by Gasteiger charge is 2.55. The van der Waals surface area contributed by atoms with Crippen LogP contribution in [0.25, 0.3) is 0 Å². The minimum absolute atomic E-state index is 0.114. The molecule has 0 saturated heterocycles. The van der Waals surface area contributed by atoms with Crippen molar-refractivity contribution in [2.75, 3.05) is 0 Å². The highest BCUT2D eigenvalue weighted by Crippen LogP contribution is 2.57. The Kier molecular flexibility index (Phi) is 5.22. The van der Waals surface area contributed by atoms with Gasteiger partial charge in [-0.05, 0) is 150 Å². The molecule has 4 heteroatoms. The fraction of sp³-hybridized carbons (Fsp3) is 0.938. The summed E-state index contributed by atoms with van der Waals surface area (Å²) < 4.78 is 0. The third-order valence-electron chi connectivity index (χ3n) is 13.2. The van der Waals surface area contributed by atoms with Crippen LogP contribution in [0.15, 0.2) is 0 Å². The summed E-state index contributed by atoms with van der Waals surface area (Å²) in [4.78, 5) is 27.8. The molecule has 0 aromatic carbocycles. The van der Waals surface area contributed by atoms with Crippen molar-refractivity contribution >= 4 is 11.8 Å². The summed E-state index contributed by atoms with van der Waals surface area (Å²) in [5, 5.41) is 7.47. The van der Waals surface area contributed by atoms with Gasteiger partial charge in [-0.2, -0.15) is 0 Å². The normalized spacial score (nSPS) is 54.2. The Bertz CT molecular complexity index is 781. The maximum absolute atomic E-state index is 13.9. The number of carbonyl (C=O) groups is 2. The molecule has 2 amide bonds. The molecule has 4 atom stereocenters. The van der Waals surface area contributed by atoms with Crippen LogP contribution in [-0.4, -0.2) is 22.9 Å². The molecule has 0 aromatic heterocycles. The zero-order valence-electron chi connectivity index (χ0n) is 22.3. The van der Waals surface area contributed by atoms with Crippen LogP contribution < -0.4 is 10.6 Å². The molecule has 0 radical (unpaired) electrons. The molecule has 10 fully saturated rings. The first-order valence-electron chi connectivity index (χ1n) is 16.1. The molecule has 0 spiro atoms. The van der Waals surface area contributed by atoms with Gasteiger partial charge >= 0.3 is 0 Å². The molecule has 4 unspecified atom stereocenters. The van der Waals surface area contributed by atoms with Crippen LogP contribution >= 0.6 is 0 Å². The van der Waals surface area contributed by atoms with Gasteiger partial charge in [0.2, 0.25) is 11.8 Å². The predicted molar refractivity (Wildman–Crippen MR) is 140 cm³/mol. The fourth-order valence-corrected chi connectivity index (χ4v) is 12.9. The second-order valence-corrected chi connectivity index (χ2v) is 15.8. The highest BCUT2D eigenvalue weighted by atomic mass is 16.2. The second-order valence-electron chi connectivity index (χ2n) is 15.8. The second kappa shape index (κ2) is 8.22. The van der Waals surface area contributed by atoms with E-state index in [4.69, 9.17) is 0 Å². The van der Waals surface area contributed by atoms with Gasteiger partial charge in [0.1, 0.15) is 0 Å². The zero-order chi connectivity index (χ0) is 24.1. The fourth-order valence-electron chi connectivity index (χ4n) is 12.9. The van der Waals surface area contributed by atoms with Gasteiger partial charge in [-0.3, -0.25) is 9.59 Å². The van der Waals surface area contributed by atoms with E-state index in [0.29, 0.717) is 23.7 Å². The minimum atomic E-state index is 0.114. The SMILES string of the molecule is O=C(NC12CC3CC(CC(C3)C1)C2)C1CCCC2C(C(=O)NC34CC5CC(CC(C5)C3)C4)CCCC12. The summed E-state index contributed by atoms with van der Waals surface area (Å²) in [7, 11) is 0. The number of fused-ring (bicyclic) bond motifs is 1. The Morgan fingerprint density at radius 2 is 0.778 bits per heavy atom. The van der Waals surface area contributed by atoms with Gasteiger partial charge < -0.3 is 10.6 Å². The number of hydrogen-bond donors (Lipinski definition) is 2. The van der Waals surface area contributed by atoms with Crippen molar-refractivity contribution in [3.05, 3.63) is 0 Å². The average molecular weight is 493 g/mol. The van der Waals surface area contributed by atoms with E-state index in [1.807, 2.05) is 0 Å². The maximum atomic E-state index is 13.9. The Labute approximate surface area is 217 Å². The predicted octanol–water partition coefficient (Wildman–Crippen LogP) is 5.99. The van der Waals surface area contributed by atoms with Crippen molar-refractivity contribution in [1.29, 1.82) is 0 Å². The lowest BCUT2D eigenvalue weighted by molar-refractivity contribution is -0.142. The summed E-state index contributed by atoms with van der Waals surface area (Å²) in [6.07, 6.45) is 22.6. The Balaban J connectivity index is 0.964. The third-order valence-corrected chi connectivity index (χ3v) is 13.2. The van der Waals surface area contributed by atoms with Crippen LogP contribution in [0.2, 0.25) is 0 Å². The van der Waals surface area contributed by atoms with E-state index >= 15 is 0 Å². The summed E-state index contributed by atoms with van der Waals surface area (Å²) in [5.74, 6) is 7.06. The summed E-state index contributed by atoms with van der Waals surface area (Å²) in [6.45, 7) is 0. The topological polar surface area (TPSA) is 58.2 Å². The molecule has 0 heterocycles.